The van der Waals surface area contributed by atoms with E-state index in [2.05, 4.69) is 0 Å². The van der Waals surface area contributed by atoms with E-state index in [1.165, 1.54) is 97.1 Å². The molecule has 0 atom stereocenters. The van der Waals surface area contributed by atoms with E-state index in [0.29, 0.717) is 0 Å². The van der Waals surface area contributed by atoms with E-state index in [-0.39, 0.29) is 22.3 Å². The summed E-state index contributed by atoms with van der Waals surface area (Å²) in [5, 5.41) is 0. The Kier molecular flexibility index (Phi) is 10.6. The van der Waals surface area contributed by atoms with Gasteiger partial charge in [0.2, 0.25) is 0 Å². The van der Waals surface area contributed by atoms with Crippen LogP contribution in [0.3, 0.4) is 0 Å². The van der Waals surface area contributed by atoms with E-state index in [1.54, 1.807) is 24.3 Å². The van der Waals surface area contributed by atoms with Crippen LogP contribution >= 0.6 is 0 Å². The highest BCUT2D eigenvalue weighted by Crippen LogP contribution is 2.27. The van der Waals surface area contributed by atoms with Gasteiger partial charge in [-0.3, -0.25) is 0 Å². The third-order valence-electron chi connectivity index (χ3n) is 6.32. The van der Waals surface area contributed by atoms with Gasteiger partial charge in [-0.1, -0.05) is 72.8 Å². The van der Waals surface area contributed by atoms with Gasteiger partial charge in [0, 0.05) is 0 Å². The second-order valence-electron chi connectivity index (χ2n) is 9.60. The standard InChI is InChI=1S/C35H24O14/c36-27(23-13-5-1-6-14-23)44-33(45-28(37)24-15-7-2-8-16-24)48-31(40)35(42-21-22-43-35)32(41)49-34(46-29(38)25-17-9-3-10-18-25)47-30(39)26-19-11-4-12-20-26/h1-22,33-34H. The SMILES string of the molecule is O=C(OC(OC(=O)c1ccccc1)OC(=O)C1(C(=O)OC(OC(=O)c2ccccc2)OC(=O)c2ccccc2)OC=CO1)c1ccccc1. The first kappa shape index (κ1) is 33.4. The van der Waals surface area contributed by atoms with Crippen molar-refractivity contribution >= 4 is 35.8 Å². The molecule has 248 valence electrons. The molecule has 0 fully saturated rings. The van der Waals surface area contributed by atoms with Crippen molar-refractivity contribution in [1.29, 1.82) is 0 Å². The van der Waals surface area contributed by atoms with Gasteiger partial charge in [-0.25, -0.2) is 28.8 Å². The van der Waals surface area contributed by atoms with Crippen LogP contribution in [0.2, 0.25) is 0 Å². The van der Waals surface area contributed by atoms with Gasteiger partial charge in [0.15, 0.2) is 0 Å². The van der Waals surface area contributed by atoms with Crippen LogP contribution in [0.1, 0.15) is 41.4 Å². The molecule has 0 radical (unpaired) electrons. The number of esters is 6. The summed E-state index contributed by atoms with van der Waals surface area (Å²) in [6.45, 7) is -4.79. The van der Waals surface area contributed by atoms with Crippen molar-refractivity contribution in [3.8, 4) is 0 Å². The maximum absolute atomic E-state index is 13.5. The average Bonchev–Trinajstić information content (AvgIpc) is 3.65. The molecule has 5 rings (SSSR count). The van der Waals surface area contributed by atoms with Crippen molar-refractivity contribution in [2.45, 2.75) is 18.7 Å². The highest BCUT2D eigenvalue weighted by molar-refractivity contribution is 6.03. The normalized spacial score (nSPS) is 12.5. The molecule has 49 heavy (non-hydrogen) atoms. The van der Waals surface area contributed by atoms with Crippen LogP contribution in [-0.2, 0) is 47.5 Å². The maximum atomic E-state index is 13.5. The number of carbonyl (C=O) groups is 6. The Hall–Kier alpha value is -6.96. The van der Waals surface area contributed by atoms with E-state index < -0.39 is 54.6 Å². The van der Waals surface area contributed by atoms with Crippen LogP contribution < -0.4 is 0 Å². The zero-order valence-electron chi connectivity index (χ0n) is 25.1. The fraction of sp³-hybridized carbons (Fsp3) is 0.0857. The molecule has 0 spiro atoms. The Morgan fingerprint density at radius 3 is 0.878 bits per heavy atom. The second kappa shape index (κ2) is 15.6. The van der Waals surface area contributed by atoms with E-state index in [9.17, 15) is 28.8 Å². The highest BCUT2D eigenvalue weighted by Gasteiger charge is 2.59. The Morgan fingerprint density at radius 2 is 0.633 bits per heavy atom. The van der Waals surface area contributed by atoms with Crippen molar-refractivity contribution in [1.82, 2.24) is 0 Å². The monoisotopic (exact) mass is 668 g/mol. The maximum Gasteiger partial charge on any atom is 0.452 e. The minimum atomic E-state index is -3.15. The Balaban J connectivity index is 1.37. The van der Waals surface area contributed by atoms with Crippen molar-refractivity contribution in [2.24, 2.45) is 0 Å². The summed E-state index contributed by atoms with van der Waals surface area (Å²) in [6, 6.07) is 29.7. The molecule has 0 unspecified atom stereocenters. The quantitative estimate of drug-likeness (QED) is 0.119. The third-order valence-corrected chi connectivity index (χ3v) is 6.32. The van der Waals surface area contributed by atoms with Gasteiger partial charge in [-0.05, 0) is 48.5 Å². The predicted molar refractivity (Wildman–Crippen MR) is 161 cm³/mol. The molecule has 0 saturated carbocycles. The van der Waals surface area contributed by atoms with Crippen LogP contribution in [0.5, 0.6) is 0 Å². The molecular weight excluding hydrogens is 644 g/mol. The average molecular weight is 669 g/mol. The number of hydrogen-bond donors (Lipinski definition) is 0. The molecule has 14 heteroatoms. The summed E-state index contributed by atoms with van der Waals surface area (Å²) >= 11 is 0. The molecular formula is C35H24O14. The van der Waals surface area contributed by atoms with Crippen molar-refractivity contribution in [3.63, 3.8) is 0 Å². The van der Waals surface area contributed by atoms with Gasteiger partial charge < -0.3 is 37.9 Å². The molecule has 0 amide bonds. The zero-order chi connectivity index (χ0) is 34.6. The molecule has 0 aliphatic carbocycles. The van der Waals surface area contributed by atoms with Crippen LogP contribution in [0, 0.1) is 0 Å². The Bertz CT molecular complexity index is 1580. The summed E-state index contributed by atoms with van der Waals surface area (Å²) in [7, 11) is 0. The first-order chi connectivity index (χ1) is 23.7. The molecule has 1 heterocycles. The topological polar surface area (TPSA) is 176 Å². The van der Waals surface area contributed by atoms with Crippen molar-refractivity contribution in [2.75, 3.05) is 0 Å². The van der Waals surface area contributed by atoms with Crippen LogP contribution in [0.4, 0.5) is 0 Å². The summed E-state index contributed by atoms with van der Waals surface area (Å²) in [6.07, 6.45) is 1.54. The van der Waals surface area contributed by atoms with E-state index in [1.807, 2.05) is 0 Å². The van der Waals surface area contributed by atoms with Gasteiger partial charge in [-0.2, -0.15) is 0 Å². The summed E-state index contributed by atoms with van der Waals surface area (Å²) in [5.41, 5.74) is -0.0305. The smallest absolute Gasteiger partial charge is 0.439 e. The van der Waals surface area contributed by atoms with Crippen LogP contribution in [0.15, 0.2) is 134 Å². The Morgan fingerprint density at radius 1 is 0.388 bits per heavy atom. The van der Waals surface area contributed by atoms with Crippen LogP contribution in [0.25, 0.3) is 0 Å². The molecule has 0 saturated heterocycles. The molecule has 4 aromatic carbocycles. The lowest BCUT2D eigenvalue weighted by atomic mass is 10.2. The number of carbonyl (C=O) groups excluding carboxylic acids is 6. The first-order valence-corrected chi connectivity index (χ1v) is 14.2. The third kappa shape index (κ3) is 8.45. The molecule has 0 N–H and O–H groups in total. The molecule has 4 aromatic rings. The molecule has 0 aromatic heterocycles. The molecule has 1 aliphatic rings. The fourth-order valence-corrected chi connectivity index (χ4v) is 3.94. The summed E-state index contributed by atoms with van der Waals surface area (Å²) in [4.78, 5) is 78.3. The lowest BCUT2D eigenvalue weighted by molar-refractivity contribution is -0.274. The minimum absolute atomic E-state index is 0.00762. The highest BCUT2D eigenvalue weighted by atomic mass is 16.9. The largest absolute Gasteiger partial charge is 0.452 e. The number of benzene rings is 4. The molecule has 14 nitrogen and oxygen atoms in total. The number of hydrogen-bond acceptors (Lipinski definition) is 14. The van der Waals surface area contributed by atoms with Crippen molar-refractivity contribution in [3.05, 3.63) is 156 Å². The van der Waals surface area contributed by atoms with Gasteiger partial charge in [0.25, 0.3) is 0 Å². The van der Waals surface area contributed by atoms with Gasteiger partial charge in [0.1, 0.15) is 12.5 Å². The minimum Gasteiger partial charge on any atom is -0.439 e. The van der Waals surface area contributed by atoms with E-state index >= 15 is 0 Å². The molecule has 0 bridgehead atoms. The van der Waals surface area contributed by atoms with Crippen molar-refractivity contribution < 1.29 is 66.7 Å². The fourth-order valence-electron chi connectivity index (χ4n) is 3.94. The van der Waals surface area contributed by atoms with Gasteiger partial charge >= 0.3 is 54.6 Å². The zero-order valence-corrected chi connectivity index (χ0v) is 25.1. The number of ether oxygens (including phenoxy) is 8. The predicted octanol–water partition coefficient (Wildman–Crippen LogP) is 4.28. The van der Waals surface area contributed by atoms with E-state index in [0.717, 1.165) is 12.5 Å². The Labute approximate surface area is 277 Å². The van der Waals surface area contributed by atoms with Crippen LogP contribution in [-0.4, -0.2) is 54.6 Å². The lowest BCUT2D eigenvalue weighted by Crippen LogP contribution is -2.53. The van der Waals surface area contributed by atoms with Gasteiger partial charge in [-0.15, -0.1) is 0 Å². The molecule has 1 aliphatic heterocycles. The van der Waals surface area contributed by atoms with Gasteiger partial charge in [0.05, 0.1) is 22.3 Å². The lowest BCUT2D eigenvalue weighted by Gasteiger charge is -2.27. The summed E-state index contributed by atoms with van der Waals surface area (Å²) in [5.74, 6) is -11.0. The number of rotatable bonds is 12. The second-order valence-corrected chi connectivity index (χ2v) is 9.60. The summed E-state index contributed by atoms with van der Waals surface area (Å²) < 4.78 is 40.9. The first-order valence-electron chi connectivity index (χ1n) is 14.2. The van der Waals surface area contributed by atoms with E-state index in [4.69, 9.17) is 37.9 Å².